The van der Waals surface area contributed by atoms with Gasteiger partial charge in [-0.3, -0.25) is 9.59 Å². The number of ether oxygens (including phenoxy) is 2. The monoisotopic (exact) mass is 452 g/mol. The Hall–Kier alpha value is -4.58. The van der Waals surface area contributed by atoms with Crippen molar-refractivity contribution in [3.05, 3.63) is 108 Å². The Labute approximate surface area is 198 Å². The van der Waals surface area contributed by atoms with E-state index < -0.39 is 0 Å². The first-order chi connectivity index (χ1) is 16.6. The molecule has 0 heterocycles. The number of benzene rings is 4. The Morgan fingerprint density at radius 3 is 1.12 bits per heavy atom. The van der Waals surface area contributed by atoms with Crippen LogP contribution in [0.3, 0.4) is 0 Å². The summed E-state index contributed by atoms with van der Waals surface area (Å²) in [5, 5.41) is 5.74. The molecule has 4 aromatic rings. The van der Waals surface area contributed by atoms with Crippen molar-refractivity contribution in [1.82, 2.24) is 0 Å². The molecule has 0 aromatic heterocycles. The molecule has 0 radical (unpaired) electrons. The molecule has 0 saturated carbocycles. The summed E-state index contributed by atoms with van der Waals surface area (Å²) in [6.45, 7) is 0. The number of rotatable bonds is 7. The Kier molecular flexibility index (Phi) is 6.89. The summed E-state index contributed by atoms with van der Waals surface area (Å²) in [6.07, 6.45) is 0. The normalized spacial score (nSPS) is 10.3. The molecule has 0 saturated heterocycles. The molecule has 4 rings (SSSR count). The molecule has 0 aliphatic rings. The van der Waals surface area contributed by atoms with Gasteiger partial charge in [0.05, 0.1) is 14.2 Å². The molecule has 0 fully saturated rings. The van der Waals surface area contributed by atoms with Gasteiger partial charge in [0.25, 0.3) is 11.8 Å². The highest BCUT2D eigenvalue weighted by molar-refractivity contribution is 6.05. The van der Waals surface area contributed by atoms with Gasteiger partial charge >= 0.3 is 0 Å². The number of carbonyl (C=O) groups excluding carboxylic acids is 2. The molecule has 0 aliphatic heterocycles. The number of amides is 2. The molecular formula is C28H24N2O4. The molecule has 0 bridgehead atoms. The molecule has 2 N–H and O–H groups in total. The number of methoxy groups -OCH3 is 2. The summed E-state index contributed by atoms with van der Waals surface area (Å²) in [5.74, 6) is 1.07. The molecule has 4 aromatic carbocycles. The SMILES string of the molecule is COc1ccc(NC(=O)c2ccc(-c3ccc(C(=O)Nc4ccc(OC)cc4)cc3)cc2)cc1. The van der Waals surface area contributed by atoms with Crippen molar-refractivity contribution < 1.29 is 19.1 Å². The second-order valence-corrected chi connectivity index (χ2v) is 7.52. The van der Waals surface area contributed by atoms with Crippen LogP contribution < -0.4 is 20.1 Å². The molecule has 6 nitrogen and oxygen atoms in total. The zero-order valence-corrected chi connectivity index (χ0v) is 18.9. The molecule has 0 atom stereocenters. The third-order valence-electron chi connectivity index (χ3n) is 5.32. The van der Waals surface area contributed by atoms with E-state index in [1.807, 2.05) is 24.3 Å². The Morgan fingerprint density at radius 2 is 0.824 bits per heavy atom. The highest BCUT2D eigenvalue weighted by Crippen LogP contribution is 2.22. The molecule has 0 aliphatic carbocycles. The predicted molar refractivity (Wildman–Crippen MR) is 134 cm³/mol. The van der Waals surface area contributed by atoms with Crippen molar-refractivity contribution in [2.24, 2.45) is 0 Å². The second-order valence-electron chi connectivity index (χ2n) is 7.52. The van der Waals surface area contributed by atoms with Crippen LogP contribution in [0.4, 0.5) is 11.4 Å². The van der Waals surface area contributed by atoms with Gasteiger partial charge in [0.2, 0.25) is 0 Å². The summed E-state index contributed by atoms with van der Waals surface area (Å²) < 4.78 is 10.3. The van der Waals surface area contributed by atoms with Gasteiger partial charge in [0, 0.05) is 22.5 Å². The van der Waals surface area contributed by atoms with Gasteiger partial charge < -0.3 is 20.1 Å². The van der Waals surface area contributed by atoms with Crippen LogP contribution in [-0.4, -0.2) is 26.0 Å². The van der Waals surface area contributed by atoms with Crippen LogP contribution in [0, 0.1) is 0 Å². The number of hydrogen-bond donors (Lipinski definition) is 2. The number of hydrogen-bond acceptors (Lipinski definition) is 4. The fourth-order valence-corrected chi connectivity index (χ4v) is 3.38. The summed E-state index contributed by atoms with van der Waals surface area (Å²) in [5.41, 5.74) is 4.38. The van der Waals surface area contributed by atoms with E-state index in [-0.39, 0.29) is 11.8 Å². The van der Waals surface area contributed by atoms with Crippen LogP contribution in [0.15, 0.2) is 97.1 Å². The summed E-state index contributed by atoms with van der Waals surface area (Å²) in [7, 11) is 3.19. The standard InChI is InChI=1S/C28H24N2O4/c1-33-25-15-11-23(12-16-25)29-27(31)21-7-3-19(4-8-21)20-5-9-22(10-6-20)28(32)30-24-13-17-26(34-2)18-14-24/h3-18H,1-2H3,(H,29,31)(H,30,32). The lowest BCUT2D eigenvalue weighted by atomic mass is 10.0. The zero-order valence-electron chi connectivity index (χ0n) is 18.9. The maximum absolute atomic E-state index is 12.5. The lowest BCUT2D eigenvalue weighted by Crippen LogP contribution is -2.11. The molecule has 170 valence electrons. The third kappa shape index (κ3) is 5.42. The largest absolute Gasteiger partial charge is 0.497 e. The predicted octanol–water partition coefficient (Wildman–Crippen LogP) is 5.88. The third-order valence-corrected chi connectivity index (χ3v) is 5.32. The van der Waals surface area contributed by atoms with Gasteiger partial charge in [-0.25, -0.2) is 0 Å². The van der Waals surface area contributed by atoms with E-state index >= 15 is 0 Å². The van der Waals surface area contributed by atoms with Crippen LogP contribution in [0.25, 0.3) is 11.1 Å². The van der Waals surface area contributed by atoms with E-state index in [1.165, 1.54) is 0 Å². The number of carbonyl (C=O) groups is 2. The minimum atomic E-state index is -0.192. The fourth-order valence-electron chi connectivity index (χ4n) is 3.38. The molecule has 6 heteroatoms. The van der Waals surface area contributed by atoms with Gasteiger partial charge in [0.1, 0.15) is 11.5 Å². The van der Waals surface area contributed by atoms with E-state index in [0.29, 0.717) is 22.5 Å². The van der Waals surface area contributed by atoms with Crippen LogP contribution in [0.5, 0.6) is 11.5 Å². The van der Waals surface area contributed by atoms with Gasteiger partial charge in [0.15, 0.2) is 0 Å². The average Bonchev–Trinajstić information content (AvgIpc) is 2.89. The van der Waals surface area contributed by atoms with E-state index in [4.69, 9.17) is 9.47 Å². The highest BCUT2D eigenvalue weighted by atomic mass is 16.5. The minimum Gasteiger partial charge on any atom is -0.497 e. The zero-order chi connectivity index (χ0) is 23.9. The molecule has 0 unspecified atom stereocenters. The Bertz CT molecular complexity index is 1160. The minimum absolute atomic E-state index is 0.192. The van der Waals surface area contributed by atoms with Crippen molar-refractivity contribution in [1.29, 1.82) is 0 Å². The van der Waals surface area contributed by atoms with Crippen LogP contribution in [0.2, 0.25) is 0 Å². The van der Waals surface area contributed by atoms with Crippen molar-refractivity contribution in [3.63, 3.8) is 0 Å². The van der Waals surface area contributed by atoms with Gasteiger partial charge in [-0.2, -0.15) is 0 Å². The first-order valence-electron chi connectivity index (χ1n) is 10.7. The quantitative estimate of drug-likeness (QED) is 0.367. The van der Waals surface area contributed by atoms with E-state index in [1.54, 1.807) is 87.0 Å². The van der Waals surface area contributed by atoms with Crippen molar-refractivity contribution in [2.45, 2.75) is 0 Å². The van der Waals surface area contributed by atoms with Crippen molar-refractivity contribution in [2.75, 3.05) is 24.9 Å². The Balaban J connectivity index is 1.39. The lowest BCUT2D eigenvalue weighted by molar-refractivity contribution is 0.101. The van der Waals surface area contributed by atoms with E-state index in [9.17, 15) is 9.59 Å². The second kappa shape index (κ2) is 10.4. The fraction of sp³-hybridized carbons (Fsp3) is 0.0714. The van der Waals surface area contributed by atoms with Gasteiger partial charge in [-0.05, 0) is 83.9 Å². The first kappa shape index (κ1) is 22.6. The molecule has 0 spiro atoms. The van der Waals surface area contributed by atoms with Gasteiger partial charge in [-0.1, -0.05) is 24.3 Å². The first-order valence-corrected chi connectivity index (χ1v) is 10.7. The van der Waals surface area contributed by atoms with Crippen molar-refractivity contribution in [3.8, 4) is 22.6 Å². The molecule has 2 amide bonds. The van der Waals surface area contributed by atoms with Crippen LogP contribution >= 0.6 is 0 Å². The summed E-state index contributed by atoms with van der Waals surface area (Å²) in [6, 6.07) is 29.0. The smallest absolute Gasteiger partial charge is 0.255 e. The number of nitrogens with one attached hydrogen (secondary N) is 2. The molecular weight excluding hydrogens is 428 g/mol. The highest BCUT2D eigenvalue weighted by Gasteiger charge is 2.09. The molecule has 34 heavy (non-hydrogen) atoms. The van der Waals surface area contributed by atoms with Crippen LogP contribution in [0.1, 0.15) is 20.7 Å². The average molecular weight is 453 g/mol. The summed E-state index contributed by atoms with van der Waals surface area (Å²) >= 11 is 0. The van der Waals surface area contributed by atoms with Gasteiger partial charge in [-0.15, -0.1) is 0 Å². The van der Waals surface area contributed by atoms with E-state index in [2.05, 4.69) is 10.6 Å². The van der Waals surface area contributed by atoms with E-state index in [0.717, 1.165) is 22.6 Å². The topological polar surface area (TPSA) is 76.7 Å². The lowest BCUT2D eigenvalue weighted by Gasteiger charge is -2.09. The van der Waals surface area contributed by atoms with Crippen molar-refractivity contribution >= 4 is 23.2 Å². The number of anilines is 2. The maximum Gasteiger partial charge on any atom is 0.255 e. The Morgan fingerprint density at radius 1 is 0.500 bits per heavy atom. The maximum atomic E-state index is 12.5. The van der Waals surface area contributed by atoms with Crippen LogP contribution in [-0.2, 0) is 0 Å². The summed E-state index contributed by atoms with van der Waals surface area (Å²) in [4.78, 5) is 25.1.